The van der Waals surface area contributed by atoms with Gasteiger partial charge in [-0.15, -0.1) is 4.98 Å². The number of nitrogens with two attached hydrogens (primary N) is 1. The highest BCUT2D eigenvalue weighted by Gasteiger charge is 2.10. The average Bonchev–Trinajstić information content (AvgIpc) is 2.34. The molecule has 1 aromatic heterocycles. The minimum atomic E-state index is -0.0585. The number of nitrogen functional groups attached to an aromatic ring is 1. The molecule has 0 aliphatic carbocycles. The van der Waals surface area contributed by atoms with Crippen LogP contribution in [0.15, 0.2) is 16.6 Å². The van der Waals surface area contributed by atoms with Crippen LogP contribution in [0.2, 0.25) is 0 Å². The van der Waals surface area contributed by atoms with E-state index in [-0.39, 0.29) is 24.1 Å². The lowest BCUT2D eigenvalue weighted by molar-refractivity contribution is 0.219. The van der Waals surface area contributed by atoms with Gasteiger partial charge in [0.15, 0.2) is 0 Å². The van der Waals surface area contributed by atoms with Crippen molar-refractivity contribution in [1.29, 1.82) is 0 Å². The number of hydrogen-bond donors (Lipinski definition) is 1. The highest BCUT2D eigenvalue weighted by Crippen LogP contribution is 2.28. The zero-order chi connectivity index (χ0) is 15.6. The molecule has 0 aliphatic rings. The zero-order valence-electron chi connectivity index (χ0n) is 12.3. The molecule has 112 valence electrons. The highest BCUT2D eigenvalue weighted by molar-refractivity contribution is 9.10. The van der Waals surface area contributed by atoms with E-state index in [2.05, 4.69) is 30.9 Å². The van der Waals surface area contributed by atoms with Crippen molar-refractivity contribution in [2.24, 2.45) is 0 Å². The molecule has 0 bridgehead atoms. The van der Waals surface area contributed by atoms with Crippen molar-refractivity contribution in [1.82, 2.24) is 15.0 Å². The maximum atomic E-state index is 5.66. The molecule has 0 saturated heterocycles. The number of aryl methyl sites for hydroxylation is 2. The molecular formula is C14H17BrN4O2. The van der Waals surface area contributed by atoms with Crippen LogP contribution in [0.4, 0.5) is 5.95 Å². The SMILES string of the molecule is Cc1cc(Oc2nc(N)nc(OC(C)C)n2)cc(C)c1Br. The van der Waals surface area contributed by atoms with E-state index in [1.807, 2.05) is 39.8 Å². The number of hydrogen-bond acceptors (Lipinski definition) is 6. The summed E-state index contributed by atoms with van der Waals surface area (Å²) in [6.45, 7) is 7.72. The number of rotatable bonds is 4. The molecule has 2 N–H and O–H groups in total. The lowest BCUT2D eigenvalue weighted by Gasteiger charge is -2.11. The first-order valence-corrected chi connectivity index (χ1v) is 7.27. The van der Waals surface area contributed by atoms with E-state index in [1.165, 1.54) is 0 Å². The van der Waals surface area contributed by atoms with Crippen LogP contribution in [-0.2, 0) is 0 Å². The predicted octanol–water partition coefficient (Wildman–Crippen LogP) is 3.41. The Morgan fingerprint density at radius 2 is 1.62 bits per heavy atom. The van der Waals surface area contributed by atoms with Crippen molar-refractivity contribution in [3.05, 3.63) is 27.7 Å². The van der Waals surface area contributed by atoms with E-state index < -0.39 is 0 Å². The van der Waals surface area contributed by atoms with Crippen LogP contribution in [0.25, 0.3) is 0 Å². The average molecular weight is 353 g/mol. The molecule has 2 rings (SSSR count). The fourth-order valence-electron chi connectivity index (χ4n) is 1.73. The molecule has 0 aliphatic heterocycles. The number of benzene rings is 1. The Morgan fingerprint density at radius 3 is 2.19 bits per heavy atom. The minimum absolute atomic E-state index is 0.0567. The lowest BCUT2D eigenvalue weighted by atomic mass is 10.1. The summed E-state index contributed by atoms with van der Waals surface area (Å²) in [6.07, 6.45) is -0.0585. The van der Waals surface area contributed by atoms with E-state index in [0.29, 0.717) is 5.75 Å². The fourth-order valence-corrected chi connectivity index (χ4v) is 1.96. The number of halogens is 1. The Balaban J connectivity index is 2.29. The van der Waals surface area contributed by atoms with Crippen LogP contribution >= 0.6 is 15.9 Å². The summed E-state index contributed by atoms with van der Waals surface area (Å²) in [5.74, 6) is 0.690. The molecule has 0 atom stereocenters. The Hall–Kier alpha value is -1.89. The molecule has 2 aromatic rings. The van der Waals surface area contributed by atoms with Gasteiger partial charge >= 0.3 is 12.0 Å². The van der Waals surface area contributed by atoms with Gasteiger partial charge in [-0.2, -0.15) is 9.97 Å². The summed E-state index contributed by atoms with van der Waals surface area (Å²) < 4.78 is 12.1. The van der Waals surface area contributed by atoms with Crippen LogP contribution < -0.4 is 15.2 Å². The topological polar surface area (TPSA) is 83.2 Å². The standard InChI is InChI=1S/C14H17BrN4O2/c1-7(2)20-13-17-12(16)18-14(19-13)21-10-5-8(3)11(15)9(4)6-10/h5-7H,1-4H3,(H2,16,17,18,19). The van der Waals surface area contributed by atoms with Crippen molar-refractivity contribution in [3.8, 4) is 17.8 Å². The van der Waals surface area contributed by atoms with Gasteiger partial charge in [0.05, 0.1) is 6.10 Å². The molecule has 0 spiro atoms. The van der Waals surface area contributed by atoms with E-state index in [1.54, 1.807) is 0 Å². The van der Waals surface area contributed by atoms with Gasteiger partial charge in [-0.25, -0.2) is 0 Å². The second-order valence-electron chi connectivity index (χ2n) is 4.90. The van der Waals surface area contributed by atoms with Crippen molar-refractivity contribution >= 4 is 21.9 Å². The number of ether oxygens (including phenoxy) is 2. The number of nitrogens with zero attached hydrogens (tertiary/aromatic N) is 3. The zero-order valence-corrected chi connectivity index (χ0v) is 13.9. The Morgan fingerprint density at radius 1 is 1.05 bits per heavy atom. The van der Waals surface area contributed by atoms with Crippen molar-refractivity contribution < 1.29 is 9.47 Å². The monoisotopic (exact) mass is 352 g/mol. The lowest BCUT2D eigenvalue weighted by Crippen LogP contribution is -2.11. The van der Waals surface area contributed by atoms with Gasteiger partial charge in [-0.3, -0.25) is 0 Å². The molecule has 0 saturated carbocycles. The first-order valence-electron chi connectivity index (χ1n) is 6.48. The number of anilines is 1. The van der Waals surface area contributed by atoms with Gasteiger partial charge in [0.25, 0.3) is 0 Å². The smallest absolute Gasteiger partial charge is 0.330 e. The number of aromatic nitrogens is 3. The Bertz CT molecular complexity index is 638. The van der Waals surface area contributed by atoms with E-state index in [9.17, 15) is 0 Å². The van der Waals surface area contributed by atoms with Crippen molar-refractivity contribution in [2.45, 2.75) is 33.8 Å². The summed E-state index contributed by atoms with van der Waals surface area (Å²) in [4.78, 5) is 12.0. The Kier molecular flexibility index (Phi) is 4.62. The van der Waals surface area contributed by atoms with Crippen molar-refractivity contribution in [2.75, 3.05) is 5.73 Å². The first kappa shape index (κ1) is 15.5. The Labute approximate surface area is 131 Å². The summed E-state index contributed by atoms with van der Waals surface area (Å²) in [7, 11) is 0. The molecule has 6 nitrogen and oxygen atoms in total. The molecule has 7 heteroatoms. The molecule has 0 amide bonds. The van der Waals surface area contributed by atoms with E-state index >= 15 is 0 Å². The quantitative estimate of drug-likeness (QED) is 0.907. The molecule has 1 heterocycles. The van der Waals surface area contributed by atoms with Gasteiger partial charge in [0.1, 0.15) is 5.75 Å². The van der Waals surface area contributed by atoms with Crippen LogP contribution in [0.3, 0.4) is 0 Å². The van der Waals surface area contributed by atoms with Crippen molar-refractivity contribution in [3.63, 3.8) is 0 Å². The van der Waals surface area contributed by atoms with Gasteiger partial charge in [0, 0.05) is 4.47 Å². The maximum absolute atomic E-state index is 5.66. The summed E-state index contributed by atoms with van der Waals surface area (Å²) in [5, 5.41) is 0. The van der Waals surface area contributed by atoms with Gasteiger partial charge in [-0.05, 0) is 51.0 Å². The maximum Gasteiger partial charge on any atom is 0.330 e. The van der Waals surface area contributed by atoms with Crippen LogP contribution in [0.5, 0.6) is 17.8 Å². The third-order valence-corrected chi connectivity index (χ3v) is 3.82. The highest BCUT2D eigenvalue weighted by atomic mass is 79.9. The molecule has 0 fully saturated rings. The van der Waals surface area contributed by atoms with E-state index in [4.69, 9.17) is 15.2 Å². The second kappa shape index (κ2) is 6.26. The van der Waals surface area contributed by atoms with Crippen LogP contribution in [0.1, 0.15) is 25.0 Å². The fraction of sp³-hybridized carbons (Fsp3) is 0.357. The molecule has 0 radical (unpaired) electrons. The predicted molar refractivity (Wildman–Crippen MR) is 83.7 cm³/mol. The van der Waals surface area contributed by atoms with Crippen LogP contribution in [-0.4, -0.2) is 21.1 Å². The molecule has 1 aromatic carbocycles. The normalized spacial score (nSPS) is 10.8. The van der Waals surface area contributed by atoms with Gasteiger partial charge in [0.2, 0.25) is 5.95 Å². The second-order valence-corrected chi connectivity index (χ2v) is 5.69. The van der Waals surface area contributed by atoms with Crippen LogP contribution in [0, 0.1) is 13.8 Å². The molecule has 21 heavy (non-hydrogen) atoms. The third-order valence-electron chi connectivity index (χ3n) is 2.57. The minimum Gasteiger partial charge on any atom is -0.461 e. The summed E-state index contributed by atoms with van der Waals surface area (Å²) >= 11 is 3.51. The molecule has 0 unspecified atom stereocenters. The third kappa shape index (κ3) is 4.04. The first-order chi connectivity index (χ1) is 9.85. The summed E-state index contributed by atoms with van der Waals surface area (Å²) in [5.41, 5.74) is 7.76. The van der Waals surface area contributed by atoms with E-state index in [0.717, 1.165) is 15.6 Å². The largest absolute Gasteiger partial charge is 0.461 e. The summed E-state index contributed by atoms with van der Waals surface area (Å²) in [6, 6.07) is 4.04. The molecular weight excluding hydrogens is 336 g/mol. The van der Waals surface area contributed by atoms with Gasteiger partial charge in [-0.1, -0.05) is 15.9 Å². The van der Waals surface area contributed by atoms with Gasteiger partial charge < -0.3 is 15.2 Å².